The van der Waals surface area contributed by atoms with Gasteiger partial charge in [-0.1, -0.05) is 20.8 Å². The van der Waals surface area contributed by atoms with Crippen LogP contribution in [0.5, 0.6) is 0 Å². The third-order valence-electron chi connectivity index (χ3n) is 7.42. The molecule has 0 aliphatic heterocycles. The van der Waals surface area contributed by atoms with Gasteiger partial charge < -0.3 is 10.3 Å². The number of imidazole rings is 1. The van der Waals surface area contributed by atoms with Crippen molar-refractivity contribution >= 4 is 17.1 Å². The van der Waals surface area contributed by atoms with Crippen LogP contribution < -0.4 is 5.32 Å². The third-order valence-corrected chi connectivity index (χ3v) is 7.42. The molecule has 3 aromatic rings. The smallest absolute Gasteiger partial charge is 0.253 e. The number of carbonyl (C=O) groups is 1. The Balaban J connectivity index is 1.41. The van der Waals surface area contributed by atoms with Crippen molar-refractivity contribution < 1.29 is 9.18 Å². The number of hydrogen-bond acceptors (Lipinski definition) is 3. The van der Waals surface area contributed by atoms with Crippen LogP contribution in [0.4, 0.5) is 4.39 Å². The summed E-state index contributed by atoms with van der Waals surface area (Å²) in [7, 11) is 0. The van der Waals surface area contributed by atoms with Crippen LogP contribution >= 0.6 is 0 Å². The molecule has 1 amide bonds. The first kappa shape index (κ1) is 18.3. The summed E-state index contributed by atoms with van der Waals surface area (Å²) in [5, 5.41) is 3.26. The van der Waals surface area contributed by atoms with E-state index in [-0.39, 0.29) is 17.8 Å². The number of benzene rings is 1. The number of H-pyrrole nitrogens is 1. The minimum absolute atomic E-state index is 0.106. The van der Waals surface area contributed by atoms with Gasteiger partial charge in [-0.2, -0.15) is 0 Å². The van der Waals surface area contributed by atoms with Crippen LogP contribution in [0.2, 0.25) is 0 Å². The van der Waals surface area contributed by atoms with Crippen LogP contribution in [0.1, 0.15) is 44.0 Å². The molecule has 150 valence electrons. The van der Waals surface area contributed by atoms with Gasteiger partial charge in [0.1, 0.15) is 17.2 Å². The van der Waals surface area contributed by atoms with E-state index in [1.165, 1.54) is 18.6 Å². The van der Waals surface area contributed by atoms with Gasteiger partial charge in [0.25, 0.3) is 5.91 Å². The molecule has 6 rings (SSSR count). The van der Waals surface area contributed by atoms with Crippen molar-refractivity contribution in [3.63, 3.8) is 0 Å². The van der Waals surface area contributed by atoms with Gasteiger partial charge in [-0.25, -0.2) is 14.4 Å². The van der Waals surface area contributed by atoms with Crippen LogP contribution in [0, 0.1) is 29.0 Å². The molecule has 3 aliphatic rings. The van der Waals surface area contributed by atoms with E-state index in [2.05, 4.69) is 41.0 Å². The molecular formula is C23H25FN4O. The summed E-state index contributed by atoms with van der Waals surface area (Å²) in [5.41, 5.74) is 2.75. The second-order valence-electron chi connectivity index (χ2n) is 9.18. The summed E-state index contributed by atoms with van der Waals surface area (Å²) >= 11 is 0. The Morgan fingerprint density at radius 2 is 1.97 bits per heavy atom. The summed E-state index contributed by atoms with van der Waals surface area (Å²) in [6.07, 6.45) is 3.93. The summed E-state index contributed by atoms with van der Waals surface area (Å²) in [6.45, 7) is 6.97. The van der Waals surface area contributed by atoms with Crippen molar-refractivity contribution in [3.8, 4) is 11.4 Å². The molecule has 3 saturated carbocycles. The first-order valence-electron chi connectivity index (χ1n) is 10.3. The number of pyridine rings is 1. The summed E-state index contributed by atoms with van der Waals surface area (Å²) < 4.78 is 13.2. The fourth-order valence-electron chi connectivity index (χ4n) is 5.42. The van der Waals surface area contributed by atoms with Crippen LogP contribution in [0.15, 0.2) is 36.5 Å². The number of nitrogens with one attached hydrogen (secondary N) is 2. The summed E-state index contributed by atoms with van der Waals surface area (Å²) in [5.74, 6) is 1.98. The Labute approximate surface area is 169 Å². The highest BCUT2D eigenvalue weighted by molar-refractivity contribution is 6.04. The van der Waals surface area contributed by atoms with Gasteiger partial charge in [-0.15, -0.1) is 0 Å². The second kappa shape index (κ2) is 6.37. The first-order chi connectivity index (χ1) is 13.8. The van der Waals surface area contributed by atoms with Gasteiger partial charge in [0.15, 0.2) is 5.65 Å². The van der Waals surface area contributed by atoms with E-state index in [0.717, 1.165) is 12.0 Å². The molecule has 2 heterocycles. The third kappa shape index (κ3) is 2.84. The van der Waals surface area contributed by atoms with E-state index >= 15 is 0 Å². The molecule has 2 bridgehead atoms. The topological polar surface area (TPSA) is 70.7 Å². The van der Waals surface area contributed by atoms with Crippen molar-refractivity contribution in [2.75, 3.05) is 0 Å². The van der Waals surface area contributed by atoms with Crippen molar-refractivity contribution in [2.45, 2.75) is 39.7 Å². The number of hydrogen-bond donors (Lipinski definition) is 2. The van der Waals surface area contributed by atoms with E-state index in [1.54, 1.807) is 24.4 Å². The molecule has 1 aromatic carbocycles. The van der Waals surface area contributed by atoms with Crippen LogP contribution in [-0.4, -0.2) is 26.9 Å². The van der Waals surface area contributed by atoms with Crippen molar-refractivity contribution in [3.05, 3.63) is 47.9 Å². The largest absolute Gasteiger partial charge is 0.349 e. The van der Waals surface area contributed by atoms with Gasteiger partial charge in [0.2, 0.25) is 0 Å². The molecule has 4 atom stereocenters. The minimum atomic E-state index is -0.300. The minimum Gasteiger partial charge on any atom is -0.349 e. The Kier molecular flexibility index (Phi) is 4.02. The van der Waals surface area contributed by atoms with Crippen molar-refractivity contribution in [1.29, 1.82) is 0 Å². The zero-order valence-electron chi connectivity index (χ0n) is 16.9. The van der Waals surface area contributed by atoms with Crippen molar-refractivity contribution in [1.82, 2.24) is 20.3 Å². The van der Waals surface area contributed by atoms with E-state index < -0.39 is 0 Å². The van der Waals surface area contributed by atoms with Gasteiger partial charge in [-0.05, 0) is 66.3 Å². The highest BCUT2D eigenvalue weighted by atomic mass is 19.1. The number of aromatic nitrogens is 3. The molecule has 0 saturated heterocycles. The normalized spacial score (nSPS) is 27.4. The van der Waals surface area contributed by atoms with Gasteiger partial charge >= 0.3 is 0 Å². The Morgan fingerprint density at radius 3 is 2.66 bits per heavy atom. The number of rotatable bonds is 3. The van der Waals surface area contributed by atoms with Crippen molar-refractivity contribution in [2.24, 2.45) is 23.2 Å². The lowest BCUT2D eigenvalue weighted by atomic mass is 9.45. The second-order valence-corrected chi connectivity index (χ2v) is 9.18. The molecular weight excluding hydrogens is 367 g/mol. The number of carbonyl (C=O) groups excluding carboxylic acids is 1. The lowest BCUT2D eigenvalue weighted by Gasteiger charge is -2.62. The van der Waals surface area contributed by atoms with E-state index in [9.17, 15) is 9.18 Å². The van der Waals surface area contributed by atoms with Crippen LogP contribution in [0.25, 0.3) is 22.6 Å². The number of nitrogens with zero attached hydrogens (tertiary/aromatic N) is 2. The molecule has 3 fully saturated rings. The van der Waals surface area contributed by atoms with E-state index in [0.29, 0.717) is 45.7 Å². The van der Waals surface area contributed by atoms with Gasteiger partial charge in [0, 0.05) is 17.8 Å². The fraction of sp³-hybridized carbons (Fsp3) is 0.435. The molecule has 2 aromatic heterocycles. The molecule has 2 N–H and O–H groups in total. The maximum Gasteiger partial charge on any atom is 0.253 e. The highest BCUT2D eigenvalue weighted by Gasteiger charge is 2.56. The monoisotopic (exact) mass is 392 g/mol. The van der Waals surface area contributed by atoms with Gasteiger partial charge in [-0.3, -0.25) is 4.79 Å². The number of fused-ring (bicyclic) bond motifs is 3. The Bertz CT molecular complexity index is 1090. The quantitative estimate of drug-likeness (QED) is 0.686. The number of amides is 1. The highest BCUT2D eigenvalue weighted by Crippen LogP contribution is 2.61. The Morgan fingerprint density at radius 1 is 1.21 bits per heavy atom. The SMILES string of the molecule is CC1C(NC(=O)c2ccnc3[nH]c(-c4ccc(F)cc4)nc23)CC2CC1C2(C)C. The number of halogens is 1. The standard InChI is InChI=1S/C23H25FN4O/c1-12-17-10-14(23(17,2)3)11-18(12)26-22(29)16-8-9-25-21-19(16)27-20(28-21)13-4-6-15(24)7-5-13/h4-9,12,14,17-18H,10-11H2,1-3H3,(H,26,29)(H,25,27,28). The predicted molar refractivity (Wildman–Crippen MR) is 110 cm³/mol. The first-order valence-corrected chi connectivity index (χ1v) is 10.3. The molecule has 5 nitrogen and oxygen atoms in total. The average molecular weight is 392 g/mol. The lowest BCUT2D eigenvalue weighted by molar-refractivity contribution is -0.113. The lowest BCUT2D eigenvalue weighted by Crippen LogP contribution is -2.60. The summed E-state index contributed by atoms with van der Waals surface area (Å²) in [4.78, 5) is 25.1. The van der Waals surface area contributed by atoms with Crippen LogP contribution in [0.3, 0.4) is 0 Å². The predicted octanol–water partition coefficient (Wildman–Crippen LogP) is 4.56. The maximum absolute atomic E-state index is 13.2. The molecule has 3 aliphatic carbocycles. The molecule has 0 spiro atoms. The molecule has 6 heteroatoms. The maximum atomic E-state index is 13.2. The average Bonchev–Trinajstić information content (AvgIpc) is 3.13. The zero-order chi connectivity index (χ0) is 20.3. The molecule has 29 heavy (non-hydrogen) atoms. The van der Waals surface area contributed by atoms with E-state index in [1.807, 2.05) is 0 Å². The fourth-order valence-corrected chi connectivity index (χ4v) is 5.42. The zero-order valence-corrected chi connectivity index (χ0v) is 16.9. The summed E-state index contributed by atoms with van der Waals surface area (Å²) in [6, 6.07) is 8.00. The van der Waals surface area contributed by atoms with Gasteiger partial charge in [0.05, 0.1) is 5.56 Å². The molecule has 0 radical (unpaired) electrons. The molecule has 4 unspecified atom stereocenters. The van der Waals surface area contributed by atoms with Crippen LogP contribution in [-0.2, 0) is 0 Å². The van der Waals surface area contributed by atoms with E-state index in [4.69, 9.17) is 0 Å². The number of aromatic amines is 1. The Hall–Kier alpha value is -2.76.